The van der Waals surface area contributed by atoms with Crippen molar-refractivity contribution >= 4 is 11.6 Å². The second kappa shape index (κ2) is 4.37. The Hall–Kier alpha value is 0.210. The van der Waals surface area contributed by atoms with E-state index in [1.54, 1.807) is 7.11 Å². The largest absolute Gasteiger partial charge is 0.383 e. The predicted molar refractivity (Wildman–Crippen MR) is 30.6 cm³/mol. The van der Waals surface area contributed by atoms with Crippen LogP contribution in [0.4, 0.5) is 0 Å². The summed E-state index contributed by atoms with van der Waals surface area (Å²) in [5.74, 6) is 0. The normalized spacial score (nSPS) is 14.1. The number of hydrogen-bond acceptors (Lipinski definition) is 2. The molecule has 1 unspecified atom stereocenters. The van der Waals surface area contributed by atoms with Gasteiger partial charge < -0.3 is 10.5 Å². The summed E-state index contributed by atoms with van der Waals surface area (Å²) in [6, 6.07) is 0. The van der Waals surface area contributed by atoms with Crippen molar-refractivity contribution < 1.29 is 4.74 Å². The maximum absolute atomic E-state index is 5.52. The number of hydrogen-bond donors (Lipinski definition) is 1. The maximum atomic E-state index is 5.52. The van der Waals surface area contributed by atoms with Crippen molar-refractivity contribution in [1.29, 1.82) is 0 Å². The summed E-state index contributed by atoms with van der Waals surface area (Å²) in [5, 5.41) is -0.0231. The zero-order valence-corrected chi connectivity index (χ0v) is 5.11. The van der Waals surface area contributed by atoms with Crippen molar-refractivity contribution in [3.63, 3.8) is 0 Å². The fourth-order valence-corrected chi connectivity index (χ4v) is 0.375. The SMILES string of the molecule is COCC(Cl)CN. The van der Waals surface area contributed by atoms with Crippen LogP contribution in [0, 0.1) is 0 Å². The van der Waals surface area contributed by atoms with Crippen LogP contribution in [0.1, 0.15) is 0 Å². The van der Waals surface area contributed by atoms with Crippen LogP contribution < -0.4 is 5.73 Å². The Bertz CT molecular complexity index is 42.7. The van der Waals surface area contributed by atoms with Gasteiger partial charge >= 0.3 is 0 Å². The quantitative estimate of drug-likeness (QED) is 0.545. The first kappa shape index (κ1) is 7.21. The summed E-state index contributed by atoms with van der Waals surface area (Å²) in [6.07, 6.45) is 0. The molecule has 2 N–H and O–H groups in total. The Morgan fingerprint density at radius 1 is 1.86 bits per heavy atom. The predicted octanol–water partition coefficient (Wildman–Crippen LogP) is 0.199. The van der Waals surface area contributed by atoms with Crippen LogP contribution in [0.3, 0.4) is 0 Å². The molecule has 3 heteroatoms. The number of ether oxygens (including phenoxy) is 1. The Labute approximate surface area is 48.6 Å². The van der Waals surface area contributed by atoms with E-state index in [0.717, 1.165) is 0 Å². The van der Waals surface area contributed by atoms with Crippen LogP contribution in [-0.2, 0) is 4.74 Å². The van der Waals surface area contributed by atoms with Gasteiger partial charge in [-0.1, -0.05) is 0 Å². The highest BCUT2D eigenvalue weighted by molar-refractivity contribution is 6.20. The van der Waals surface area contributed by atoms with Crippen molar-refractivity contribution in [2.75, 3.05) is 20.3 Å². The van der Waals surface area contributed by atoms with Crippen LogP contribution in [-0.4, -0.2) is 25.6 Å². The Kier molecular flexibility index (Phi) is 4.50. The van der Waals surface area contributed by atoms with Gasteiger partial charge in [0.2, 0.25) is 0 Å². The molecule has 0 aliphatic heterocycles. The van der Waals surface area contributed by atoms with E-state index in [2.05, 4.69) is 4.74 Å². The molecule has 0 aromatic heterocycles. The summed E-state index contributed by atoms with van der Waals surface area (Å²) >= 11 is 5.52. The van der Waals surface area contributed by atoms with Gasteiger partial charge in [-0.25, -0.2) is 0 Å². The van der Waals surface area contributed by atoms with E-state index in [9.17, 15) is 0 Å². The molecule has 0 aliphatic carbocycles. The van der Waals surface area contributed by atoms with Gasteiger partial charge in [-0.15, -0.1) is 11.6 Å². The molecule has 0 aromatic rings. The first-order chi connectivity index (χ1) is 3.31. The summed E-state index contributed by atoms with van der Waals surface area (Å²) in [6.45, 7) is 1.02. The van der Waals surface area contributed by atoms with Crippen molar-refractivity contribution in [3.8, 4) is 0 Å². The fraction of sp³-hybridized carbons (Fsp3) is 1.00. The lowest BCUT2D eigenvalue weighted by Gasteiger charge is -2.01. The van der Waals surface area contributed by atoms with Gasteiger partial charge in [0, 0.05) is 13.7 Å². The number of alkyl halides is 1. The minimum atomic E-state index is -0.0231. The molecule has 0 rings (SSSR count). The van der Waals surface area contributed by atoms with Crippen LogP contribution in [0.5, 0.6) is 0 Å². The third-order valence-corrected chi connectivity index (χ3v) is 0.907. The van der Waals surface area contributed by atoms with E-state index in [1.807, 2.05) is 0 Å². The van der Waals surface area contributed by atoms with Crippen LogP contribution in [0.25, 0.3) is 0 Å². The number of halogens is 1. The van der Waals surface area contributed by atoms with Crippen LogP contribution in [0.15, 0.2) is 0 Å². The molecule has 0 aliphatic rings. The minimum Gasteiger partial charge on any atom is -0.383 e. The van der Waals surface area contributed by atoms with Gasteiger partial charge in [-0.2, -0.15) is 0 Å². The fourth-order valence-electron chi connectivity index (χ4n) is 0.249. The maximum Gasteiger partial charge on any atom is 0.0691 e. The summed E-state index contributed by atoms with van der Waals surface area (Å²) in [7, 11) is 1.60. The first-order valence-corrected chi connectivity index (χ1v) is 2.58. The second-order valence-corrected chi connectivity index (χ2v) is 1.91. The van der Waals surface area contributed by atoms with Crippen molar-refractivity contribution in [2.24, 2.45) is 5.73 Å². The Morgan fingerprint density at radius 2 is 2.43 bits per heavy atom. The summed E-state index contributed by atoms with van der Waals surface area (Å²) in [4.78, 5) is 0. The molecule has 0 spiro atoms. The molecule has 1 atom stereocenters. The van der Waals surface area contributed by atoms with E-state index in [-0.39, 0.29) is 5.38 Å². The van der Waals surface area contributed by atoms with Gasteiger partial charge in [-0.3, -0.25) is 0 Å². The van der Waals surface area contributed by atoms with Gasteiger partial charge in [0.05, 0.1) is 12.0 Å². The standard InChI is InChI=1S/C4H10ClNO/c1-7-3-4(5)2-6/h4H,2-3,6H2,1H3. The van der Waals surface area contributed by atoms with Crippen molar-refractivity contribution in [2.45, 2.75) is 5.38 Å². The van der Waals surface area contributed by atoms with Crippen molar-refractivity contribution in [1.82, 2.24) is 0 Å². The minimum absolute atomic E-state index is 0.0231. The van der Waals surface area contributed by atoms with E-state index in [4.69, 9.17) is 17.3 Å². The number of rotatable bonds is 3. The van der Waals surface area contributed by atoms with Gasteiger partial charge in [0.25, 0.3) is 0 Å². The highest BCUT2D eigenvalue weighted by Crippen LogP contribution is 1.90. The van der Waals surface area contributed by atoms with Gasteiger partial charge in [-0.05, 0) is 0 Å². The van der Waals surface area contributed by atoms with Gasteiger partial charge in [0.1, 0.15) is 0 Å². The topological polar surface area (TPSA) is 35.2 Å². The molecule has 0 heterocycles. The molecule has 0 saturated heterocycles. The summed E-state index contributed by atoms with van der Waals surface area (Å²) in [5.41, 5.74) is 5.15. The molecular weight excluding hydrogens is 114 g/mol. The molecule has 2 nitrogen and oxygen atoms in total. The zero-order valence-electron chi connectivity index (χ0n) is 4.36. The average Bonchev–Trinajstić information content (AvgIpc) is 1.68. The smallest absolute Gasteiger partial charge is 0.0691 e. The Balaban J connectivity index is 2.83. The molecule has 0 bridgehead atoms. The lowest BCUT2D eigenvalue weighted by molar-refractivity contribution is 0.199. The third-order valence-electron chi connectivity index (χ3n) is 0.603. The van der Waals surface area contributed by atoms with E-state index in [1.165, 1.54) is 0 Å². The monoisotopic (exact) mass is 123 g/mol. The second-order valence-electron chi connectivity index (χ2n) is 1.29. The number of methoxy groups -OCH3 is 1. The van der Waals surface area contributed by atoms with Crippen molar-refractivity contribution in [3.05, 3.63) is 0 Å². The lowest BCUT2D eigenvalue weighted by Crippen LogP contribution is -2.18. The molecule has 0 saturated carbocycles. The highest BCUT2D eigenvalue weighted by atomic mass is 35.5. The first-order valence-electron chi connectivity index (χ1n) is 2.14. The average molecular weight is 124 g/mol. The van der Waals surface area contributed by atoms with E-state index >= 15 is 0 Å². The van der Waals surface area contributed by atoms with Crippen LogP contribution in [0.2, 0.25) is 0 Å². The third kappa shape index (κ3) is 4.05. The lowest BCUT2D eigenvalue weighted by atomic mass is 10.5. The molecule has 0 aromatic carbocycles. The highest BCUT2D eigenvalue weighted by Gasteiger charge is 1.96. The molecule has 0 fully saturated rings. The summed E-state index contributed by atoms with van der Waals surface area (Å²) < 4.78 is 4.68. The molecule has 44 valence electrons. The number of nitrogens with two attached hydrogens (primary N) is 1. The zero-order chi connectivity index (χ0) is 5.70. The molecule has 7 heavy (non-hydrogen) atoms. The molecule has 0 amide bonds. The van der Waals surface area contributed by atoms with Gasteiger partial charge in [0.15, 0.2) is 0 Å². The molecule has 0 radical (unpaired) electrons. The molecular formula is C4H10ClNO. The van der Waals surface area contributed by atoms with E-state index in [0.29, 0.717) is 13.2 Å². The van der Waals surface area contributed by atoms with Crippen LogP contribution >= 0.6 is 11.6 Å². The Morgan fingerprint density at radius 3 is 2.57 bits per heavy atom. The van der Waals surface area contributed by atoms with E-state index < -0.39 is 0 Å².